The van der Waals surface area contributed by atoms with Gasteiger partial charge in [0.2, 0.25) is 5.91 Å². The van der Waals surface area contributed by atoms with Gasteiger partial charge in [-0.1, -0.05) is 6.58 Å². The molecule has 2 aliphatic rings. The van der Waals surface area contributed by atoms with Crippen molar-refractivity contribution in [2.24, 2.45) is 5.73 Å². The number of nitrogens with two attached hydrogens (primary N) is 1. The van der Waals surface area contributed by atoms with Crippen LogP contribution in [0.3, 0.4) is 0 Å². The number of halogens is 1. The highest BCUT2D eigenvalue weighted by Crippen LogP contribution is 2.43. The van der Waals surface area contributed by atoms with Crippen molar-refractivity contribution in [2.75, 3.05) is 4.90 Å². The second-order valence-electron chi connectivity index (χ2n) is 5.31. The molecule has 5 heteroatoms. The van der Waals surface area contributed by atoms with Gasteiger partial charge >= 0.3 is 0 Å². The normalized spacial score (nSPS) is 18.2. The number of rotatable bonds is 2. The summed E-state index contributed by atoms with van der Waals surface area (Å²) in [6, 6.07) is 5.23. The third-order valence-electron chi connectivity index (χ3n) is 3.94. The molecule has 1 aliphatic carbocycles. The van der Waals surface area contributed by atoms with E-state index in [4.69, 9.17) is 5.73 Å². The van der Waals surface area contributed by atoms with E-state index in [-0.39, 0.29) is 5.78 Å². The summed E-state index contributed by atoms with van der Waals surface area (Å²) in [5, 5.41) is 0. The second kappa shape index (κ2) is 5.15. The molecular weight excluding hydrogens is 332 g/mol. The van der Waals surface area contributed by atoms with E-state index in [1.165, 1.54) is 0 Å². The molecule has 4 nitrogen and oxygen atoms in total. The Hall–Kier alpha value is -1.88. The third-order valence-corrected chi connectivity index (χ3v) is 4.58. The first-order valence-electron chi connectivity index (χ1n) is 6.81. The zero-order valence-corrected chi connectivity index (χ0v) is 13.1. The molecule has 0 unspecified atom stereocenters. The van der Waals surface area contributed by atoms with Crippen molar-refractivity contribution in [3.8, 4) is 0 Å². The van der Waals surface area contributed by atoms with Crippen LogP contribution in [0.1, 0.15) is 36.0 Å². The average Bonchev–Trinajstić information content (AvgIpc) is 2.77. The predicted octanol–water partition coefficient (Wildman–Crippen LogP) is 3.28. The number of benzene rings is 1. The summed E-state index contributed by atoms with van der Waals surface area (Å²) < 4.78 is 0.770. The Morgan fingerprint density at radius 2 is 2.10 bits per heavy atom. The number of carbonyl (C=O) groups excluding carboxylic acids is 2. The van der Waals surface area contributed by atoms with E-state index in [1.807, 2.05) is 11.0 Å². The van der Waals surface area contributed by atoms with Gasteiger partial charge in [-0.3, -0.25) is 9.59 Å². The Bertz CT molecular complexity index is 706. The average molecular weight is 347 g/mol. The minimum Gasteiger partial charge on any atom is -0.366 e. The summed E-state index contributed by atoms with van der Waals surface area (Å²) in [5.74, 6) is -0.236. The van der Waals surface area contributed by atoms with E-state index in [9.17, 15) is 9.59 Å². The van der Waals surface area contributed by atoms with Crippen molar-refractivity contribution in [3.05, 3.63) is 51.8 Å². The molecule has 0 saturated carbocycles. The van der Waals surface area contributed by atoms with Crippen LogP contribution in [0.2, 0.25) is 0 Å². The van der Waals surface area contributed by atoms with Crippen molar-refractivity contribution in [1.82, 2.24) is 0 Å². The van der Waals surface area contributed by atoms with Crippen LogP contribution in [-0.4, -0.2) is 11.7 Å². The van der Waals surface area contributed by atoms with Crippen molar-refractivity contribution in [3.63, 3.8) is 0 Å². The van der Waals surface area contributed by atoms with Gasteiger partial charge < -0.3 is 10.6 Å². The topological polar surface area (TPSA) is 63.4 Å². The Labute approximate surface area is 131 Å². The quantitative estimate of drug-likeness (QED) is 0.893. The van der Waals surface area contributed by atoms with Crippen molar-refractivity contribution in [2.45, 2.75) is 25.7 Å². The first-order valence-corrected chi connectivity index (χ1v) is 7.61. The van der Waals surface area contributed by atoms with Crippen molar-refractivity contribution in [1.29, 1.82) is 0 Å². The van der Waals surface area contributed by atoms with E-state index in [0.29, 0.717) is 18.4 Å². The lowest BCUT2D eigenvalue weighted by atomic mass is 9.95. The molecule has 2 N–H and O–H groups in total. The molecule has 0 fully saturated rings. The molecule has 21 heavy (non-hydrogen) atoms. The lowest BCUT2D eigenvalue weighted by molar-refractivity contribution is -0.116. The second-order valence-corrected chi connectivity index (χ2v) is 6.17. The summed E-state index contributed by atoms with van der Waals surface area (Å²) in [5.41, 5.74) is 9.46. The minimum atomic E-state index is -0.463. The van der Waals surface area contributed by atoms with E-state index in [0.717, 1.165) is 40.0 Å². The Morgan fingerprint density at radius 1 is 1.33 bits per heavy atom. The van der Waals surface area contributed by atoms with Crippen molar-refractivity contribution < 1.29 is 9.59 Å². The predicted molar refractivity (Wildman–Crippen MR) is 84.8 cm³/mol. The number of amides is 1. The molecule has 3 rings (SSSR count). The van der Waals surface area contributed by atoms with Gasteiger partial charge in [0.25, 0.3) is 0 Å². The number of anilines is 1. The molecule has 1 aromatic carbocycles. The molecule has 1 heterocycles. The summed E-state index contributed by atoms with van der Waals surface area (Å²) in [7, 11) is 0. The first kappa shape index (κ1) is 14.1. The maximum absolute atomic E-state index is 12.0. The Balaban J connectivity index is 2.06. The molecule has 0 radical (unpaired) electrons. The van der Waals surface area contributed by atoms with Crippen LogP contribution in [0, 0.1) is 0 Å². The number of Topliss-reactive ketones (excluding diaryl/α,β-unsaturated/α-hetero) is 1. The molecule has 0 saturated heterocycles. The summed E-state index contributed by atoms with van der Waals surface area (Å²) in [4.78, 5) is 25.3. The number of nitrogens with zero attached hydrogens (tertiary/aromatic N) is 1. The van der Waals surface area contributed by atoms with Crippen LogP contribution in [0.25, 0.3) is 0 Å². The molecule has 1 aromatic rings. The van der Waals surface area contributed by atoms with Gasteiger partial charge in [0.15, 0.2) is 5.78 Å². The fraction of sp³-hybridized carbons (Fsp3) is 0.250. The fourth-order valence-electron chi connectivity index (χ4n) is 2.96. The summed E-state index contributed by atoms with van der Waals surface area (Å²) in [6.45, 7) is 4.09. The number of ketones is 1. The summed E-state index contributed by atoms with van der Waals surface area (Å²) >= 11 is 3.49. The molecule has 0 atom stereocenters. The van der Waals surface area contributed by atoms with Gasteiger partial charge in [-0.15, -0.1) is 0 Å². The lowest BCUT2D eigenvalue weighted by Crippen LogP contribution is -2.20. The smallest absolute Gasteiger partial charge is 0.248 e. The number of allylic oxidation sites excluding steroid dienone is 2. The minimum absolute atomic E-state index is 0.227. The maximum atomic E-state index is 12.0. The molecule has 0 bridgehead atoms. The van der Waals surface area contributed by atoms with Crippen LogP contribution in [0.15, 0.2) is 46.2 Å². The molecule has 0 aromatic heterocycles. The third kappa shape index (κ3) is 2.31. The number of hydrogen-bond donors (Lipinski definition) is 1. The monoisotopic (exact) mass is 346 g/mol. The van der Waals surface area contributed by atoms with E-state index >= 15 is 0 Å². The van der Waals surface area contributed by atoms with Crippen molar-refractivity contribution >= 4 is 33.3 Å². The lowest BCUT2D eigenvalue weighted by Gasteiger charge is -2.26. The van der Waals surface area contributed by atoms with Gasteiger partial charge in [-0.05, 0) is 47.0 Å². The van der Waals surface area contributed by atoms with Crippen LogP contribution in [-0.2, 0) is 4.79 Å². The van der Waals surface area contributed by atoms with Crippen LogP contribution in [0.5, 0.6) is 0 Å². The van der Waals surface area contributed by atoms with Crippen LogP contribution >= 0.6 is 15.9 Å². The van der Waals surface area contributed by atoms with Gasteiger partial charge in [-0.2, -0.15) is 0 Å². The maximum Gasteiger partial charge on any atom is 0.248 e. The van der Waals surface area contributed by atoms with Crippen LogP contribution in [0.4, 0.5) is 5.69 Å². The molecule has 1 amide bonds. The molecule has 1 aliphatic heterocycles. The number of primary amides is 1. The zero-order valence-electron chi connectivity index (χ0n) is 11.5. The standard InChI is InChI=1S/C16H15BrN2O2/c1-9-7-11-13(3-2-4-15(11)20)19(9)14-6-5-10(16(18)21)8-12(14)17/h5-6,8H,1-4,7H2,(H2,18,21). The van der Waals surface area contributed by atoms with Crippen LogP contribution < -0.4 is 10.6 Å². The van der Waals surface area contributed by atoms with Gasteiger partial charge in [0.05, 0.1) is 5.69 Å². The van der Waals surface area contributed by atoms with E-state index in [2.05, 4.69) is 22.5 Å². The Morgan fingerprint density at radius 3 is 2.76 bits per heavy atom. The van der Waals surface area contributed by atoms with Gasteiger partial charge in [0, 0.05) is 39.8 Å². The Kier molecular flexibility index (Phi) is 3.45. The highest BCUT2D eigenvalue weighted by atomic mass is 79.9. The molecule has 108 valence electrons. The largest absolute Gasteiger partial charge is 0.366 e. The van der Waals surface area contributed by atoms with Gasteiger partial charge in [0.1, 0.15) is 0 Å². The summed E-state index contributed by atoms with van der Waals surface area (Å²) in [6.07, 6.45) is 2.99. The molecule has 0 spiro atoms. The SMILES string of the molecule is C=C1CC2=C(CCCC2=O)N1c1ccc(C(N)=O)cc1Br. The highest BCUT2D eigenvalue weighted by Gasteiger charge is 2.33. The first-order chi connectivity index (χ1) is 9.99. The number of hydrogen-bond acceptors (Lipinski definition) is 3. The highest BCUT2D eigenvalue weighted by molar-refractivity contribution is 9.10. The number of carbonyl (C=O) groups is 2. The fourth-order valence-corrected chi connectivity index (χ4v) is 3.51. The van der Waals surface area contributed by atoms with Gasteiger partial charge in [-0.25, -0.2) is 0 Å². The van der Waals surface area contributed by atoms with E-state index in [1.54, 1.807) is 12.1 Å². The zero-order chi connectivity index (χ0) is 15.1. The van der Waals surface area contributed by atoms with E-state index < -0.39 is 5.91 Å². The molecular formula is C16H15BrN2O2.